The molecule has 0 saturated carbocycles. The molecule has 0 amide bonds. The van der Waals surface area contributed by atoms with Crippen molar-refractivity contribution in [1.29, 1.82) is 0 Å². The lowest BCUT2D eigenvalue weighted by Gasteiger charge is -2.24. The highest BCUT2D eigenvalue weighted by Gasteiger charge is 2.27. The van der Waals surface area contributed by atoms with Gasteiger partial charge in [-0.05, 0) is 59.1 Å². The first-order chi connectivity index (χ1) is 9.27. The van der Waals surface area contributed by atoms with Gasteiger partial charge in [-0.3, -0.25) is 4.18 Å². The zero-order chi connectivity index (χ0) is 15.2. The molecule has 20 heavy (non-hydrogen) atoms. The molecular weight excluding hydrogens is 272 g/mol. The second kappa shape index (κ2) is 7.04. The SMILES string of the molecule is C/C=C\CCCC(C)(C)OS(=O)(=O)c1ccc(C)cc1. The molecule has 0 aliphatic rings. The summed E-state index contributed by atoms with van der Waals surface area (Å²) in [4.78, 5) is 0.213. The van der Waals surface area contributed by atoms with Crippen LogP contribution < -0.4 is 0 Å². The minimum Gasteiger partial charge on any atom is -0.260 e. The van der Waals surface area contributed by atoms with Crippen molar-refractivity contribution in [3.63, 3.8) is 0 Å². The van der Waals surface area contributed by atoms with Crippen molar-refractivity contribution in [2.75, 3.05) is 0 Å². The molecule has 0 spiro atoms. The lowest BCUT2D eigenvalue weighted by atomic mass is 10.0. The van der Waals surface area contributed by atoms with E-state index < -0.39 is 15.7 Å². The fourth-order valence-corrected chi connectivity index (χ4v) is 3.15. The second-order valence-corrected chi connectivity index (χ2v) is 7.12. The Morgan fingerprint density at radius 2 is 1.80 bits per heavy atom. The third-order valence-corrected chi connectivity index (χ3v) is 4.55. The van der Waals surface area contributed by atoms with Crippen LogP contribution in [0.5, 0.6) is 0 Å². The summed E-state index contributed by atoms with van der Waals surface area (Å²) in [5.74, 6) is 0. The van der Waals surface area contributed by atoms with E-state index in [-0.39, 0.29) is 4.90 Å². The largest absolute Gasteiger partial charge is 0.297 e. The standard InChI is InChI=1S/C16H24O3S/c1-5-6-7-8-13-16(3,4)19-20(17,18)15-11-9-14(2)10-12-15/h5-6,9-12H,7-8,13H2,1-4H3/b6-5-. The highest BCUT2D eigenvalue weighted by atomic mass is 32.2. The third-order valence-electron chi connectivity index (χ3n) is 3.03. The molecule has 0 bridgehead atoms. The average Bonchev–Trinajstić information content (AvgIpc) is 2.34. The predicted octanol–water partition coefficient (Wildman–Crippen LogP) is 4.23. The van der Waals surface area contributed by atoms with E-state index in [2.05, 4.69) is 6.08 Å². The molecule has 3 nitrogen and oxygen atoms in total. The zero-order valence-electron chi connectivity index (χ0n) is 12.7. The molecule has 0 radical (unpaired) electrons. The van der Waals surface area contributed by atoms with Crippen LogP contribution in [0.4, 0.5) is 0 Å². The molecule has 0 aliphatic heterocycles. The van der Waals surface area contributed by atoms with Crippen molar-refractivity contribution in [3.8, 4) is 0 Å². The van der Waals surface area contributed by atoms with Crippen LogP contribution in [0.2, 0.25) is 0 Å². The van der Waals surface area contributed by atoms with Crippen molar-refractivity contribution in [1.82, 2.24) is 0 Å². The molecule has 0 heterocycles. The van der Waals surface area contributed by atoms with E-state index in [4.69, 9.17) is 4.18 Å². The van der Waals surface area contributed by atoms with Crippen LogP contribution in [0.15, 0.2) is 41.3 Å². The highest BCUT2D eigenvalue weighted by molar-refractivity contribution is 7.86. The van der Waals surface area contributed by atoms with Crippen molar-refractivity contribution in [2.45, 2.75) is 57.5 Å². The number of unbranched alkanes of at least 4 members (excludes halogenated alkanes) is 1. The molecule has 112 valence electrons. The van der Waals surface area contributed by atoms with Crippen LogP contribution in [-0.2, 0) is 14.3 Å². The molecule has 0 aromatic heterocycles. The van der Waals surface area contributed by atoms with Gasteiger partial charge in [-0.15, -0.1) is 0 Å². The van der Waals surface area contributed by atoms with Crippen molar-refractivity contribution < 1.29 is 12.6 Å². The Kier molecular flexibility index (Phi) is 5.96. The number of benzene rings is 1. The lowest BCUT2D eigenvalue weighted by molar-refractivity contribution is 0.106. The van der Waals surface area contributed by atoms with Gasteiger partial charge in [0.05, 0.1) is 10.5 Å². The monoisotopic (exact) mass is 296 g/mol. The second-order valence-electron chi connectivity index (χ2n) is 5.57. The lowest BCUT2D eigenvalue weighted by Crippen LogP contribution is -2.28. The molecule has 0 N–H and O–H groups in total. The van der Waals surface area contributed by atoms with Crippen LogP contribution in [0, 0.1) is 6.92 Å². The van der Waals surface area contributed by atoms with Crippen LogP contribution in [-0.4, -0.2) is 14.0 Å². The van der Waals surface area contributed by atoms with Crippen molar-refractivity contribution >= 4 is 10.1 Å². The Balaban J connectivity index is 2.71. The fraction of sp³-hybridized carbons (Fsp3) is 0.500. The maximum absolute atomic E-state index is 12.2. The van der Waals surface area contributed by atoms with E-state index in [1.165, 1.54) is 0 Å². The van der Waals surface area contributed by atoms with E-state index in [1.54, 1.807) is 24.3 Å². The van der Waals surface area contributed by atoms with E-state index in [9.17, 15) is 8.42 Å². The quantitative estimate of drug-likeness (QED) is 0.430. The fourth-order valence-electron chi connectivity index (χ4n) is 1.90. The van der Waals surface area contributed by atoms with E-state index >= 15 is 0 Å². The zero-order valence-corrected chi connectivity index (χ0v) is 13.5. The topological polar surface area (TPSA) is 43.4 Å². The molecule has 1 aromatic rings. The summed E-state index contributed by atoms with van der Waals surface area (Å²) in [6, 6.07) is 6.71. The molecule has 0 fully saturated rings. The molecule has 0 saturated heterocycles. The molecular formula is C16H24O3S. The molecule has 0 unspecified atom stereocenters. The first-order valence-corrected chi connectivity index (χ1v) is 8.31. The van der Waals surface area contributed by atoms with Gasteiger partial charge in [0.2, 0.25) is 0 Å². The number of allylic oxidation sites excluding steroid dienone is 2. The summed E-state index contributed by atoms with van der Waals surface area (Å²) in [5, 5.41) is 0. The number of hydrogen-bond acceptors (Lipinski definition) is 3. The van der Waals surface area contributed by atoms with Gasteiger partial charge in [0.25, 0.3) is 10.1 Å². The number of rotatable bonds is 7. The first-order valence-electron chi connectivity index (χ1n) is 6.90. The summed E-state index contributed by atoms with van der Waals surface area (Å²) in [6.07, 6.45) is 6.61. The Hall–Kier alpha value is -1.13. The summed E-state index contributed by atoms with van der Waals surface area (Å²) in [7, 11) is -3.70. The first kappa shape index (κ1) is 16.9. The van der Waals surface area contributed by atoms with Gasteiger partial charge in [-0.25, -0.2) is 0 Å². The summed E-state index contributed by atoms with van der Waals surface area (Å²) in [6.45, 7) is 7.52. The van der Waals surface area contributed by atoms with Gasteiger partial charge >= 0.3 is 0 Å². The summed E-state index contributed by atoms with van der Waals surface area (Å²) >= 11 is 0. The molecule has 1 aromatic carbocycles. The normalized spacial score (nSPS) is 13.0. The Labute approximate surface area is 122 Å². The molecule has 1 rings (SSSR count). The van der Waals surface area contributed by atoms with Crippen molar-refractivity contribution in [3.05, 3.63) is 42.0 Å². The van der Waals surface area contributed by atoms with Crippen molar-refractivity contribution in [2.24, 2.45) is 0 Å². The Morgan fingerprint density at radius 1 is 1.20 bits per heavy atom. The van der Waals surface area contributed by atoms with Gasteiger partial charge in [0.15, 0.2) is 0 Å². The van der Waals surface area contributed by atoms with E-state index in [1.807, 2.05) is 33.8 Å². The minimum absolute atomic E-state index is 0.213. The summed E-state index contributed by atoms with van der Waals surface area (Å²) < 4.78 is 29.8. The minimum atomic E-state index is -3.70. The van der Waals surface area contributed by atoms with Gasteiger partial charge in [-0.2, -0.15) is 8.42 Å². The maximum Gasteiger partial charge on any atom is 0.297 e. The average molecular weight is 296 g/mol. The van der Waals surface area contributed by atoms with E-state index in [0.29, 0.717) is 6.42 Å². The van der Waals surface area contributed by atoms with Gasteiger partial charge in [0.1, 0.15) is 0 Å². The highest BCUT2D eigenvalue weighted by Crippen LogP contribution is 2.25. The summed E-state index contributed by atoms with van der Waals surface area (Å²) in [5.41, 5.74) is 0.334. The van der Waals surface area contributed by atoms with Gasteiger partial charge < -0.3 is 0 Å². The smallest absolute Gasteiger partial charge is 0.260 e. The third kappa shape index (κ3) is 5.47. The number of aryl methyl sites for hydroxylation is 1. The molecule has 4 heteroatoms. The van der Waals surface area contributed by atoms with Crippen LogP contribution in [0.1, 0.15) is 45.6 Å². The Morgan fingerprint density at radius 3 is 2.35 bits per heavy atom. The predicted molar refractivity (Wildman–Crippen MR) is 82.2 cm³/mol. The molecule has 0 atom stereocenters. The molecule has 0 aliphatic carbocycles. The van der Waals surface area contributed by atoms with Crippen LogP contribution >= 0.6 is 0 Å². The van der Waals surface area contributed by atoms with Crippen LogP contribution in [0.3, 0.4) is 0 Å². The maximum atomic E-state index is 12.2. The van der Waals surface area contributed by atoms with Crippen LogP contribution in [0.25, 0.3) is 0 Å². The van der Waals surface area contributed by atoms with Gasteiger partial charge in [0, 0.05) is 0 Å². The van der Waals surface area contributed by atoms with Gasteiger partial charge in [-0.1, -0.05) is 29.8 Å². The van der Waals surface area contributed by atoms with E-state index in [0.717, 1.165) is 18.4 Å². The Bertz CT molecular complexity index is 540. The number of hydrogen-bond donors (Lipinski definition) is 0.